The topological polar surface area (TPSA) is 61.8 Å². The molecule has 122 valence electrons. The highest BCUT2D eigenvalue weighted by atomic mass is 19.1. The Labute approximate surface area is 130 Å². The van der Waals surface area contributed by atoms with Gasteiger partial charge in [0.25, 0.3) is 0 Å². The summed E-state index contributed by atoms with van der Waals surface area (Å²) in [5, 5.41) is 12.7. The second-order valence-electron chi connectivity index (χ2n) is 6.34. The number of aliphatic hydroxyl groups is 1. The van der Waals surface area contributed by atoms with E-state index < -0.39 is 5.60 Å². The van der Waals surface area contributed by atoms with Crippen molar-refractivity contribution >= 4 is 6.03 Å². The van der Waals surface area contributed by atoms with Crippen LogP contribution in [-0.2, 0) is 0 Å². The number of fused-ring (bicyclic) bond motifs is 1. The van der Waals surface area contributed by atoms with Crippen LogP contribution < -0.4 is 10.1 Å². The number of benzene rings is 1. The van der Waals surface area contributed by atoms with Crippen molar-refractivity contribution in [1.29, 1.82) is 0 Å². The number of urea groups is 1. The number of hydrogen-bond acceptors (Lipinski definition) is 3. The minimum atomic E-state index is -0.959. The average Bonchev–Trinajstić information content (AvgIpc) is 2.59. The Morgan fingerprint density at radius 3 is 2.95 bits per heavy atom. The van der Waals surface area contributed by atoms with Crippen molar-refractivity contribution in [3.8, 4) is 5.75 Å². The third-order valence-corrected chi connectivity index (χ3v) is 3.51. The molecule has 2 amide bonds. The first-order chi connectivity index (χ1) is 10.3. The molecule has 0 saturated carbocycles. The predicted molar refractivity (Wildman–Crippen MR) is 81.3 cm³/mol. The maximum atomic E-state index is 13.3. The zero-order valence-corrected chi connectivity index (χ0v) is 13.2. The molecule has 0 spiro atoms. The molecule has 1 aromatic rings. The molecule has 1 atom stereocenters. The fourth-order valence-electron chi connectivity index (χ4n) is 2.61. The largest absolute Gasteiger partial charge is 0.493 e. The van der Waals surface area contributed by atoms with E-state index in [9.17, 15) is 14.3 Å². The molecule has 1 aliphatic rings. The lowest BCUT2D eigenvalue weighted by Gasteiger charge is -2.28. The Morgan fingerprint density at radius 1 is 1.55 bits per heavy atom. The summed E-state index contributed by atoms with van der Waals surface area (Å²) in [7, 11) is 1.63. The van der Waals surface area contributed by atoms with Gasteiger partial charge in [-0.25, -0.2) is 9.18 Å². The standard InChI is InChI=1S/C16H23FN2O3/c1-16(2,21)10-19(3)15(20)18-13-5-4-8-22-14-9-11(17)6-7-12(13)14/h6-7,9,13,21H,4-5,8,10H2,1-3H3,(H,18,20)/t13-/m0/s1. The molecule has 1 aliphatic heterocycles. The summed E-state index contributed by atoms with van der Waals surface area (Å²) in [6.07, 6.45) is 1.50. The van der Waals surface area contributed by atoms with Crippen molar-refractivity contribution in [2.45, 2.75) is 38.3 Å². The molecule has 6 heteroatoms. The van der Waals surface area contributed by atoms with Crippen molar-refractivity contribution in [3.05, 3.63) is 29.6 Å². The molecule has 0 radical (unpaired) electrons. The summed E-state index contributed by atoms with van der Waals surface area (Å²) in [5.74, 6) is 0.123. The van der Waals surface area contributed by atoms with Crippen molar-refractivity contribution < 1.29 is 19.0 Å². The zero-order valence-electron chi connectivity index (χ0n) is 13.2. The number of hydrogen-bond donors (Lipinski definition) is 2. The van der Waals surface area contributed by atoms with Crippen LogP contribution in [0.2, 0.25) is 0 Å². The summed E-state index contributed by atoms with van der Waals surface area (Å²) in [4.78, 5) is 13.7. The van der Waals surface area contributed by atoms with Crippen LogP contribution in [-0.4, -0.2) is 41.8 Å². The molecule has 5 nitrogen and oxygen atoms in total. The summed E-state index contributed by atoms with van der Waals surface area (Å²) in [6, 6.07) is 3.86. The van der Waals surface area contributed by atoms with E-state index in [0.29, 0.717) is 12.4 Å². The minimum Gasteiger partial charge on any atom is -0.493 e. The predicted octanol–water partition coefficient (Wildman–Crippen LogP) is 2.45. The van der Waals surface area contributed by atoms with E-state index in [1.54, 1.807) is 27.0 Å². The van der Waals surface area contributed by atoms with Crippen molar-refractivity contribution in [2.24, 2.45) is 0 Å². The number of amides is 2. The Hall–Kier alpha value is -1.82. The maximum absolute atomic E-state index is 13.3. The van der Waals surface area contributed by atoms with Gasteiger partial charge in [-0.1, -0.05) is 6.07 Å². The summed E-state index contributed by atoms with van der Waals surface area (Å²) < 4.78 is 18.9. The van der Waals surface area contributed by atoms with E-state index >= 15 is 0 Å². The van der Waals surface area contributed by atoms with Crippen LogP contribution in [0.1, 0.15) is 38.3 Å². The molecule has 0 aliphatic carbocycles. The van der Waals surface area contributed by atoms with Crippen LogP contribution in [0, 0.1) is 5.82 Å². The first kappa shape index (κ1) is 16.5. The zero-order chi connectivity index (χ0) is 16.3. The van der Waals surface area contributed by atoms with Crippen LogP contribution >= 0.6 is 0 Å². The molecule has 22 heavy (non-hydrogen) atoms. The Kier molecular flexibility index (Phi) is 4.90. The van der Waals surface area contributed by atoms with Gasteiger partial charge >= 0.3 is 6.03 Å². The van der Waals surface area contributed by atoms with Gasteiger partial charge in [0.1, 0.15) is 11.6 Å². The fourth-order valence-corrected chi connectivity index (χ4v) is 2.61. The van der Waals surface area contributed by atoms with Crippen molar-refractivity contribution in [2.75, 3.05) is 20.2 Å². The second-order valence-corrected chi connectivity index (χ2v) is 6.34. The van der Waals surface area contributed by atoms with Crippen LogP contribution in [0.3, 0.4) is 0 Å². The third kappa shape index (κ3) is 4.34. The fraction of sp³-hybridized carbons (Fsp3) is 0.562. The number of carbonyl (C=O) groups is 1. The first-order valence-electron chi connectivity index (χ1n) is 7.42. The molecule has 1 heterocycles. The second kappa shape index (κ2) is 6.52. The molecule has 0 bridgehead atoms. The SMILES string of the molecule is CN(CC(C)(C)O)C(=O)N[C@H]1CCCOc2cc(F)ccc21. The van der Waals surface area contributed by atoms with Gasteiger partial charge in [0.05, 0.1) is 24.8 Å². The number of nitrogens with one attached hydrogen (secondary N) is 1. The normalized spacial score (nSPS) is 18.0. The highest BCUT2D eigenvalue weighted by Crippen LogP contribution is 2.32. The smallest absolute Gasteiger partial charge is 0.317 e. The summed E-state index contributed by atoms with van der Waals surface area (Å²) in [6.45, 7) is 4.02. The molecular weight excluding hydrogens is 287 g/mol. The molecule has 1 aromatic carbocycles. The molecule has 0 unspecified atom stereocenters. The highest BCUT2D eigenvalue weighted by molar-refractivity contribution is 5.74. The number of nitrogens with zero attached hydrogens (tertiary/aromatic N) is 1. The van der Waals surface area contributed by atoms with Crippen molar-refractivity contribution in [3.63, 3.8) is 0 Å². The Balaban J connectivity index is 2.11. The summed E-state index contributed by atoms with van der Waals surface area (Å²) in [5.41, 5.74) is -0.177. The van der Waals surface area contributed by atoms with E-state index in [-0.39, 0.29) is 24.4 Å². The number of likely N-dealkylation sites (N-methyl/N-ethyl adjacent to an activating group) is 1. The van der Waals surface area contributed by atoms with E-state index in [0.717, 1.165) is 18.4 Å². The molecule has 0 saturated heterocycles. The van der Waals surface area contributed by atoms with Crippen molar-refractivity contribution in [1.82, 2.24) is 10.2 Å². The molecule has 2 rings (SSSR count). The van der Waals surface area contributed by atoms with E-state index in [2.05, 4.69) is 5.32 Å². The minimum absolute atomic E-state index is 0.221. The average molecular weight is 310 g/mol. The molecule has 0 fully saturated rings. The Morgan fingerprint density at radius 2 is 2.27 bits per heavy atom. The van der Waals surface area contributed by atoms with E-state index in [1.165, 1.54) is 17.0 Å². The van der Waals surface area contributed by atoms with Gasteiger partial charge in [0.2, 0.25) is 0 Å². The molecule has 0 aromatic heterocycles. The van der Waals surface area contributed by atoms with Gasteiger partial charge in [-0.05, 0) is 32.8 Å². The van der Waals surface area contributed by atoms with E-state index in [4.69, 9.17) is 4.74 Å². The Bertz CT molecular complexity index is 543. The van der Waals surface area contributed by atoms with Gasteiger partial charge in [-0.2, -0.15) is 0 Å². The van der Waals surface area contributed by atoms with Gasteiger partial charge < -0.3 is 20.1 Å². The lowest BCUT2D eigenvalue weighted by Crippen LogP contribution is -2.45. The number of ether oxygens (including phenoxy) is 1. The van der Waals surface area contributed by atoms with Crippen LogP contribution in [0.5, 0.6) is 5.75 Å². The quantitative estimate of drug-likeness (QED) is 0.901. The van der Waals surface area contributed by atoms with Gasteiger partial charge in [0.15, 0.2) is 0 Å². The van der Waals surface area contributed by atoms with Crippen LogP contribution in [0.4, 0.5) is 9.18 Å². The monoisotopic (exact) mass is 310 g/mol. The highest BCUT2D eigenvalue weighted by Gasteiger charge is 2.25. The maximum Gasteiger partial charge on any atom is 0.317 e. The van der Waals surface area contributed by atoms with Gasteiger partial charge in [-0.3, -0.25) is 0 Å². The lowest BCUT2D eigenvalue weighted by molar-refractivity contribution is 0.0527. The summed E-state index contributed by atoms with van der Waals surface area (Å²) >= 11 is 0. The molecule has 2 N–H and O–H groups in total. The lowest BCUT2D eigenvalue weighted by atomic mass is 10.0. The number of halogens is 1. The number of rotatable bonds is 3. The van der Waals surface area contributed by atoms with Gasteiger partial charge in [0, 0.05) is 18.7 Å². The van der Waals surface area contributed by atoms with Crippen LogP contribution in [0.25, 0.3) is 0 Å². The van der Waals surface area contributed by atoms with Crippen LogP contribution in [0.15, 0.2) is 18.2 Å². The third-order valence-electron chi connectivity index (χ3n) is 3.51. The molecular formula is C16H23FN2O3. The first-order valence-corrected chi connectivity index (χ1v) is 7.42. The number of carbonyl (C=O) groups excluding carboxylic acids is 1. The van der Waals surface area contributed by atoms with Gasteiger partial charge in [-0.15, -0.1) is 0 Å². The van der Waals surface area contributed by atoms with E-state index in [1.807, 2.05) is 0 Å².